The molecule has 82 valence electrons. The summed E-state index contributed by atoms with van der Waals surface area (Å²) in [6.45, 7) is 0.260. The number of benzene rings is 1. The first kappa shape index (κ1) is 12.0. The fourth-order valence-corrected chi connectivity index (χ4v) is 1.31. The van der Waals surface area contributed by atoms with Gasteiger partial charge in [0.1, 0.15) is 12.6 Å². The first-order valence-electron chi connectivity index (χ1n) is 4.76. The maximum absolute atomic E-state index is 11.3. The van der Waals surface area contributed by atoms with E-state index in [1.54, 1.807) is 0 Å². The molecule has 1 aromatic rings. The zero-order valence-corrected chi connectivity index (χ0v) is 9.11. The van der Waals surface area contributed by atoms with Crippen LogP contribution >= 0.6 is 11.6 Å². The number of rotatable bonds is 5. The third kappa shape index (κ3) is 4.32. The topological polar surface area (TPSA) is 52.3 Å². The van der Waals surface area contributed by atoms with Crippen molar-refractivity contribution in [2.75, 3.05) is 5.88 Å². The van der Waals surface area contributed by atoms with Gasteiger partial charge in [-0.3, -0.25) is 4.79 Å². The first-order chi connectivity index (χ1) is 7.24. The summed E-state index contributed by atoms with van der Waals surface area (Å²) in [5.41, 5.74) is 6.48. The Balaban J connectivity index is 2.34. The van der Waals surface area contributed by atoms with E-state index in [9.17, 15) is 4.79 Å². The van der Waals surface area contributed by atoms with Crippen LogP contribution in [-0.2, 0) is 16.1 Å². The Morgan fingerprint density at radius 2 is 2.07 bits per heavy atom. The van der Waals surface area contributed by atoms with Crippen LogP contribution in [-0.4, -0.2) is 17.9 Å². The molecular weight excluding hydrogens is 214 g/mol. The SMILES string of the molecule is N[C@@H](CCCl)C(=O)OCc1ccccc1. The van der Waals surface area contributed by atoms with E-state index in [1.807, 2.05) is 30.3 Å². The average Bonchev–Trinajstić information content (AvgIpc) is 2.27. The van der Waals surface area contributed by atoms with E-state index < -0.39 is 12.0 Å². The van der Waals surface area contributed by atoms with Gasteiger partial charge in [-0.15, -0.1) is 11.6 Å². The Kier molecular flexibility index (Phi) is 5.15. The lowest BCUT2D eigenvalue weighted by Crippen LogP contribution is -2.32. The molecule has 0 aromatic heterocycles. The lowest BCUT2D eigenvalue weighted by atomic mass is 10.2. The molecule has 0 bridgehead atoms. The van der Waals surface area contributed by atoms with Crippen LogP contribution in [0.15, 0.2) is 30.3 Å². The van der Waals surface area contributed by atoms with Crippen molar-refractivity contribution in [3.05, 3.63) is 35.9 Å². The molecule has 0 fully saturated rings. The van der Waals surface area contributed by atoms with Gasteiger partial charge in [-0.2, -0.15) is 0 Å². The molecule has 1 atom stereocenters. The third-order valence-electron chi connectivity index (χ3n) is 1.95. The van der Waals surface area contributed by atoms with Crippen molar-refractivity contribution in [3.8, 4) is 0 Å². The summed E-state index contributed by atoms with van der Waals surface area (Å²) in [6.07, 6.45) is 0.440. The molecule has 0 spiro atoms. The van der Waals surface area contributed by atoms with Gasteiger partial charge in [0.05, 0.1) is 0 Å². The van der Waals surface area contributed by atoms with Crippen LogP contribution in [0, 0.1) is 0 Å². The van der Waals surface area contributed by atoms with E-state index in [0.29, 0.717) is 12.3 Å². The summed E-state index contributed by atoms with van der Waals surface area (Å²) >= 11 is 5.47. The minimum Gasteiger partial charge on any atom is -0.460 e. The van der Waals surface area contributed by atoms with Crippen molar-refractivity contribution in [2.24, 2.45) is 5.73 Å². The quantitative estimate of drug-likeness (QED) is 0.615. The zero-order chi connectivity index (χ0) is 11.1. The van der Waals surface area contributed by atoms with Crippen molar-refractivity contribution in [2.45, 2.75) is 19.1 Å². The number of halogens is 1. The van der Waals surface area contributed by atoms with E-state index in [4.69, 9.17) is 22.1 Å². The van der Waals surface area contributed by atoms with Gasteiger partial charge in [-0.25, -0.2) is 0 Å². The fourth-order valence-electron chi connectivity index (χ4n) is 1.07. The van der Waals surface area contributed by atoms with E-state index in [0.717, 1.165) is 5.56 Å². The summed E-state index contributed by atoms with van der Waals surface area (Å²) in [5.74, 6) is -0.0405. The van der Waals surface area contributed by atoms with E-state index in [1.165, 1.54) is 0 Å². The molecule has 3 nitrogen and oxygen atoms in total. The van der Waals surface area contributed by atoms with Crippen LogP contribution in [0.3, 0.4) is 0 Å². The molecule has 0 unspecified atom stereocenters. The predicted molar refractivity (Wildman–Crippen MR) is 59.6 cm³/mol. The lowest BCUT2D eigenvalue weighted by molar-refractivity contribution is -0.146. The number of hydrogen-bond donors (Lipinski definition) is 1. The molecule has 15 heavy (non-hydrogen) atoms. The molecule has 0 amide bonds. The van der Waals surface area contributed by atoms with Gasteiger partial charge >= 0.3 is 5.97 Å². The number of carbonyl (C=O) groups excluding carboxylic acids is 1. The summed E-state index contributed by atoms with van der Waals surface area (Å²) in [7, 11) is 0. The van der Waals surface area contributed by atoms with Gasteiger partial charge in [0, 0.05) is 5.88 Å². The van der Waals surface area contributed by atoms with Crippen LogP contribution in [0.1, 0.15) is 12.0 Å². The lowest BCUT2D eigenvalue weighted by Gasteiger charge is -2.09. The largest absolute Gasteiger partial charge is 0.460 e. The Labute approximate surface area is 94.2 Å². The van der Waals surface area contributed by atoms with E-state index >= 15 is 0 Å². The number of carbonyl (C=O) groups is 1. The number of nitrogens with two attached hydrogens (primary N) is 1. The van der Waals surface area contributed by atoms with Crippen LogP contribution in [0.2, 0.25) is 0 Å². The highest BCUT2D eigenvalue weighted by Gasteiger charge is 2.13. The van der Waals surface area contributed by atoms with Crippen molar-refractivity contribution in [1.29, 1.82) is 0 Å². The van der Waals surface area contributed by atoms with Crippen molar-refractivity contribution in [1.82, 2.24) is 0 Å². The molecule has 0 radical (unpaired) electrons. The number of alkyl halides is 1. The molecule has 0 aliphatic carbocycles. The highest BCUT2D eigenvalue weighted by Crippen LogP contribution is 2.02. The minimum atomic E-state index is -0.619. The second-order valence-corrected chi connectivity index (χ2v) is 3.56. The van der Waals surface area contributed by atoms with Crippen molar-refractivity contribution >= 4 is 17.6 Å². The maximum atomic E-state index is 11.3. The molecule has 4 heteroatoms. The van der Waals surface area contributed by atoms with Gasteiger partial charge in [-0.05, 0) is 12.0 Å². The normalized spacial score (nSPS) is 12.1. The van der Waals surface area contributed by atoms with E-state index in [2.05, 4.69) is 0 Å². The highest BCUT2D eigenvalue weighted by atomic mass is 35.5. The Morgan fingerprint density at radius 1 is 1.40 bits per heavy atom. The molecule has 2 N–H and O–H groups in total. The Hall–Kier alpha value is -1.06. The third-order valence-corrected chi connectivity index (χ3v) is 2.16. The number of hydrogen-bond acceptors (Lipinski definition) is 3. The van der Waals surface area contributed by atoms with Crippen LogP contribution < -0.4 is 5.73 Å². The first-order valence-corrected chi connectivity index (χ1v) is 5.29. The molecular formula is C11H14ClNO2. The maximum Gasteiger partial charge on any atom is 0.323 e. The van der Waals surface area contributed by atoms with Gasteiger partial charge in [0.15, 0.2) is 0 Å². The molecule has 0 heterocycles. The van der Waals surface area contributed by atoms with Gasteiger partial charge in [0.2, 0.25) is 0 Å². The molecule has 0 saturated carbocycles. The molecule has 0 aliphatic rings. The smallest absolute Gasteiger partial charge is 0.323 e. The zero-order valence-electron chi connectivity index (χ0n) is 8.36. The minimum absolute atomic E-state index is 0.260. The van der Waals surface area contributed by atoms with Crippen molar-refractivity contribution in [3.63, 3.8) is 0 Å². The van der Waals surface area contributed by atoms with E-state index in [-0.39, 0.29) is 6.61 Å². The van der Waals surface area contributed by atoms with Gasteiger partial charge in [-0.1, -0.05) is 30.3 Å². The summed E-state index contributed by atoms with van der Waals surface area (Å²) in [5, 5.41) is 0. The molecule has 0 aliphatic heterocycles. The predicted octanol–water partition coefficient (Wildman–Crippen LogP) is 1.69. The van der Waals surface area contributed by atoms with Crippen LogP contribution in [0.25, 0.3) is 0 Å². The fraction of sp³-hybridized carbons (Fsp3) is 0.364. The second-order valence-electron chi connectivity index (χ2n) is 3.18. The number of ether oxygens (including phenoxy) is 1. The molecule has 1 aromatic carbocycles. The average molecular weight is 228 g/mol. The second kappa shape index (κ2) is 6.43. The summed E-state index contributed by atoms with van der Waals surface area (Å²) in [6, 6.07) is 8.85. The van der Waals surface area contributed by atoms with Gasteiger partial charge in [0.25, 0.3) is 0 Å². The standard InChI is InChI=1S/C11H14ClNO2/c12-7-6-10(13)11(14)15-8-9-4-2-1-3-5-9/h1-5,10H,6-8,13H2/t10-/m0/s1. The highest BCUT2D eigenvalue weighted by molar-refractivity contribution is 6.18. The monoisotopic (exact) mass is 227 g/mol. The van der Waals surface area contributed by atoms with Crippen LogP contribution in [0.4, 0.5) is 0 Å². The molecule has 0 saturated heterocycles. The summed E-state index contributed by atoms with van der Waals surface area (Å²) in [4.78, 5) is 11.3. The van der Waals surface area contributed by atoms with Crippen LogP contribution in [0.5, 0.6) is 0 Å². The molecule has 1 rings (SSSR count). The van der Waals surface area contributed by atoms with Crippen molar-refractivity contribution < 1.29 is 9.53 Å². The Bertz CT molecular complexity index is 303. The summed E-state index contributed by atoms with van der Waals surface area (Å²) < 4.78 is 5.02. The number of esters is 1. The van der Waals surface area contributed by atoms with Gasteiger partial charge < -0.3 is 10.5 Å². The Morgan fingerprint density at radius 3 is 2.67 bits per heavy atom.